The fraction of sp³-hybridized carbons (Fsp3) is 0.308. The lowest BCUT2D eigenvalue weighted by atomic mass is 10.1. The van der Waals surface area contributed by atoms with Crippen molar-refractivity contribution in [1.82, 2.24) is 15.5 Å². The molecule has 0 aliphatic carbocycles. The molecule has 1 aromatic carbocycles. The van der Waals surface area contributed by atoms with Crippen molar-refractivity contribution in [1.29, 1.82) is 0 Å². The summed E-state index contributed by atoms with van der Waals surface area (Å²) in [6.45, 7) is 3.83. The Balaban J connectivity index is 2.24. The smallest absolute Gasteiger partial charge is 0.128 e. The van der Waals surface area contributed by atoms with Gasteiger partial charge in [-0.05, 0) is 24.7 Å². The summed E-state index contributed by atoms with van der Waals surface area (Å²) in [7, 11) is 1.67. The molecule has 0 atom stereocenters. The van der Waals surface area contributed by atoms with E-state index < -0.39 is 0 Å². The van der Waals surface area contributed by atoms with Crippen LogP contribution in [0.1, 0.15) is 12.6 Å². The SMILES string of the molecule is CCNCc1cc(-c2ccccc2OC)n[nH]1. The Morgan fingerprint density at radius 2 is 2.18 bits per heavy atom. The van der Waals surface area contributed by atoms with Gasteiger partial charge in [0.1, 0.15) is 5.75 Å². The number of benzene rings is 1. The Morgan fingerprint density at radius 1 is 1.35 bits per heavy atom. The summed E-state index contributed by atoms with van der Waals surface area (Å²) >= 11 is 0. The van der Waals surface area contributed by atoms with Gasteiger partial charge in [0, 0.05) is 17.8 Å². The highest BCUT2D eigenvalue weighted by Gasteiger charge is 2.08. The number of rotatable bonds is 5. The maximum atomic E-state index is 5.32. The van der Waals surface area contributed by atoms with Crippen LogP contribution in [0.5, 0.6) is 5.75 Å². The minimum Gasteiger partial charge on any atom is -0.496 e. The molecular weight excluding hydrogens is 214 g/mol. The predicted molar refractivity (Wildman–Crippen MR) is 68.0 cm³/mol. The normalized spacial score (nSPS) is 10.5. The van der Waals surface area contributed by atoms with E-state index in [2.05, 4.69) is 22.4 Å². The molecule has 1 aromatic heterocycles. The average molecular weight is 231 g/mol. The van der Waals surface area contributed by atoms with E-state index in [1.165, 1.54) is 0 Å². The van der Waals surface area contributed by atoms with Crippen molar-refractivity contribution in [3.8, 4) is 17.0 Å². The highest BCUT2D eigenvalue weighted by atomic mass is 16.5. The van der Waals surface area contributed by atoms with Gasteiger partial charge in [-0.3, -0.25) is 5.10 Å². The van der Waals surface area contributed by atoms with E-state index in [0.29, 0.717) is 0 Å². The topological polar surface area (TPSA) is 49.9 Å². The molecular formula is C13H17N3O. The number of ether oxygens (including phenoxy) is 1. The molecule has 0 spiro atoms. The first-order chi connectivity index (χ1) is 8.35. The standard InChI is InChI=1S/C13H17N3O/c1-3-14-9-10-8-12(16-15-10)11-6-4-5-7-13(11)17-2/h4-8,14H,3,9H2,1-2H3,(H,15,16). The molecule has 4 nitrogen and oxygen atoms in total. The minimum atomic E-state index is 0.804. The first kappa shape index (κ1) is 11.7. The molecule has 90 valence electrons. The second-order valence-corrected chi connectivity index (χ2v) is 3.76. The number of nitrogens with zero attached hydrogens (tertiary/aromatic N) is 1. The lowest BCUT2D eigenvalue weighted by Gasteiger charge is -2.04. The maximum absolute atomic E-state index is 5.32. The van der Waals surface area contributed by atoms with Crippen LogP contribution < -0.4 is 10.1 Å². The van der Waals surface area contributed by atoms with Gasteiger partial charge in [0.05, 0.1) is 12.8 Å². The Bertz CT molecular complexity index is 479. The fourth-order valence-electron chi connectivity index (χ4n) is 1.71. The molecule has 0 amide bonds. The van der Waals surface area contributed by atoms with Crippen molar-refractivity contribution >= 4 is 0 Å². The van der Waals surface area contributed by atoms with E-state index >= 15 is 0 Å². The summed E-state index contributed by atoms with van der Waals surface area (Å²) in [5.41, 5.74) is 3.00. The van der Waals surface area contributed by atoms with E-state index in [1.807, 2.05) is 30.3 Å². The molecule has 17 heavy (non-hydrogen) atoms. The zero-order valence-electron chi connectivity index (χ0n) is 10.2. The third-order valence-corrected chi connectivity index (χ3v) is 2.58. The summed E-state index contributed by atoms with van der Waals surface area (Å²) in [6, 6.07) is 9.92. The average Bonchev–Trinajstić information content (AvgIpc) is 2.85. The van der Waals surface area contributed by atoms with Crippen LogP contribution >= 0.6 is 0 Å². The van der Waals surface area contributed by atoms with E-state index in [-0.39, 0.29) is 0 Å². The van der Waals surface area contributed by atoms with Gasteiger partial charge in [-0.25, -0.2) is 0 Å². The van der Waals surface area contributed by atoms with Crippen LogP contribution in [0.2, 0.25) is 0 Å². The second kappa shape index (κ2) is 5.50. The highest BCUT2D eigenvalue weighted by Crippen LogP contribution is 2.28. The molecule has 0 fully saturated rings. The largest absolute Gasteiger partial charge is 0.496 e. The third-order valence-electron chi connectivity index (χ3n) is 2.58. The van der Waals surface area contributed by atoms with Crippen LogP contribution in [0, 0.1) is 0 Å². The first-order valence-electron chi connectivity index (χ1n) is 5.73. The summed E-state index contributed by atoms with van der Waals surface area (Å²) in [4.78, 5) is 0. The van der Waals surface area contributed by atoms with Gasteiger partial charge in [-0.2, -0.15) is 5.10 Å². The van der Waals surface area contributed by atoms with Gasteiger partial charge in [-0.1, -0.05) is 19.1 Å². The van der Waals surface area contributed by atoms with Crippen LogP contribution in [0.15, 0.2) is 30.3 Å². The number of H-pyrrole nitrogens is 1. The van der Waals surface area contributed by atoms with E-state index in [1.54, 1.807) is 7.11 Å². The molecule has 0 saturated heterocycles. The van der Waals surface area contributed by atoms with E-state index in [4.69, 9.17) is 4.74 Å². The van der Waals surface area contributed by atoms with Crippen LogP contribution in [0.4, 0.5) is 0 Å². The minimum absolute atomic E-state index is 0.804. The van der Waals surface area contributed by atoms with E-state index in [0.717, 1.165) is 35.8 Å². The van der Waals surface area contributed by atoms with Crippen molar-refractivity contribution in [2.45, 2.75) is 13.5 Å². The van der Waals surface area contributed by atoms with Gasteiger partial charge in [-0.15, -0.1) is 0 Å². The van der Waals surface area contributed by atoms with Crippen molar-refractivity contribution in [3.63, 3.8) is 0 Å². The van der Waals surface area contributed by atoms with Crippen molar-refractivity contribution in [2.24, 2.45) is 0 Å². The van der Waals surface area contributed by atoms with Crippen LogP contribution in [0.25, 0.3) is 11.3 Å². The molecule has 1 heterocycles. The summed E-state index contributed by atoms with van der Waals surface area (Å²) in [5.74, 6) is 0.842. The van der Waals surface area contributed by atoms with Gasteiger partial charge >= 0.3 is 0 Å². The van der Waals surface area contributed by atoms with Gasteiger partial charge in [0.15, 0.2) is 0 Å². The van der Waals surface area contributed by atoms with Crippen LogP contribution in [0.3, 0.4) is 0 Å². The fourth-order valence-corrected chi connectivity index (χ4v) is 1.71. The third kappa shape index (κ3) is 2.65. The lowest BCUT2D eigenvalue weighted by Crippen LogP contribution is -2.11. The molecule has 2 rings (SSSR count). The monoisotopic (exact) mass is 231 g/mol. The van der Waals surface area contributed by atoms with Crippen LogP contribution in [-0.2, 0) is 6.54 Å². The number of aromatic amines is 1. The van der Waals surface area contributed by atoms with E-state index in [9.17, 15) is 0 Å². The number of nitrogens with one attached hydrogen (secondary N) is 2. The Labute approximate surface area is 101 Å². The predicted octanol–water partition coefficient (Wildman–Crippen LogP) is 2.19. The van der Waals surface area contributed by atoms with Crippen molar-refractivity contribution in [3.05, 3.63) is 36.0 Å². The van der Waals surface area contributed by atoms with Gasteiger partial charge in [0.2, 0.25) is 0 Å². The van der Waals surface area contributed by atoms with Gasteiger partial charge < -0.3 is 10.1 Å². The summed E-state index contributed by atoms with van der Waals surface area (Å²) in [6.07, 6.45) is 0. The van der Waals surface area contributed by atoms with Crippen LogP contribution in [-0.4, -0.2) is 23.9 Å². The number of hydrogen-bond donors (Lipinski definition) is 2. The Kier molecular flexibility index (Phi) is 3.77. The molecule has 0 aliphatic heterocycles. The zero-order valence-corrected chi connectivity index (χ0v) is 10.2. The molecule has 0 bridgehead atoms. The van der Waals surface area contributed by atoms with Crippen molar-refractivity contribution < 1.29 is 4.74 Å². The molecule has 2 N–H and O–H groups in total. The number of aromatic nitrogens is 2. The number of methoxy groups -OCH3 is 1. The molecule has 4 heteroatoms. The molecule has 0 unspecified atom stereocenters. The molecule has 2 aromatic rings. The highest BCUT2D eigenvalue weighted by molar-refractivity contribution is 5.67. The zero-order chi connectivity index (χ0) is 12.1. The lowest BCUT2D eigenvalue weighted by molar-refractivity contribution is 0.416. The Morgan fingerprint density at radius 3 is 2.94 bits per heavy atom. The number of hydrogen-bond acceptors (Lipinski definition) is 3. The summed E-state index contributed by atoms with van der Waals surface area (Å²) in [5, 5.41) is 10.6. The molecule has 0 radical (unpaired) electrons. The molecule has 0 saturated carbocycles. The first-order valence-corrected chi connectivity index (χ1v) is 5.73. The van der Waals surface area contributed by atoms with Crippen molar-refractivity contribution in [2.75, 3.05) is 13.7 Å². The quantitative estimate of drug-likeness (QED) is 0.829. The maximum Gasteiger partial charge on any atom is 0.128 e. The number of para-hydroxylation sites is 1. The molecule has 0 aliphatic rings. The summed E-state index contributed by atoms with van der Waals surface area (Å²) < 4.78 is 5.32. The second-order valence-electron chi connectivity index (χ2n) is 3.76. The van der Waals surface area contributed by atoms with Gasteiger partial charge in [0.25, 0.3) is 0 Å². The Hall–Kier alpha value is -1.81.